The van der Waals surface area contributed by atoms with Crippen molar-refractivity contribution < 1.29 is 4.79 Å². The zero-order valence-corrected chi connectivity index (χ0v) is 9.75. The second kappa shape index (κ2) is 4.21. The van der Waals surface area contributed by atoms with E-state index in [1.165, 1.54) is 0 Å². The van der Waals surface area contributed by atoms with Crippen LogP contribution in [0.15, 0.2) is 4.79 Å². The molecular formula is C11H16N4O2. The number of nitrogen functional groups attached to an aromatic ring is 1. The molecule has 0 aliphatic carbocycles. The molecule has 6 nitrogen and oxygen atoms in total. The summed E-state index contributed by atoms with van der Waals surface area (Å²) in [5, 5.41) is 0. The minimum absolute atomic E-state index is 0.0752. The summed E-state index contributed by atoms with van der Waals surface area (Å²) < 4.78 is 0. The molecule has 2 heterocycles. The van der Waals surface area contributed by atoms with E-state index in [0.29, 0.717) is 24.1 Å². The lowest BCUT2D eigenvalue weighted by molar-refractivity contribution is 0.0999. The summed E-state index contributed by atoms with van der Waals surface area (Å²) in [6.07, 6.45) is 0.634. The Hall–Kier alpha value is -1.82. The van der Waals surface area contributed by atoms with Crippen LogP contribution in [0.2, 0.25) is 0 Å². The van der Waals surface area contributed by atoms with E-state index in [4.69, 9.17) is 11.5 Å². The van der Waals surface area contributed by atoms with Gasteiger partial charge in [0.15, 0.2) is 0 Å². The van der Waals surface area contributed by atoms with E-state index < -0.39 is 5.91 Å². The third-order valence-corrected chi connectivity index (χ3v) is 3.21. The third-order valence-electron chi connectivity index (χ3n) is 3.21. The van der Waals surface area contributed by atoms with Crippen molar-refractivity contribution in [1.29, 1.82) is 0 Å². The van der Waals surface area contributed by atoms with Gasteiger partial charge >= 0.3 is 0 Å². The van der Waals surface area contributed by atoms with Gasteiger partial charge in [-0.25, -0.2) is 0 Å². The van der Waals surface area contributed by atoms with E-state index in [1.807, 2.05) is 6.92 Å². The van der Waals surface area contributed by atoms with E-state index in [0.717, 1.165) is 13.1 Å². The number of carbonyl (C=O) groups excluding carboxylic acids is 1. The van der Waals surface area contributed by atoms with Crippen LogP contribution >= 0.6 is 0 Å². The number of aromatic amines is 1. The Morgan fingerprint density at radius 2 is 2.18 bits per heavy atom. The Kier molecular flexibility index (Phi) is 2.89. The van der Waals surface area contributed by atoms with E-state index in [1.54, 1.807) is 0 Å². The molecule has 1 aromatic rings. The Labute approximate surface area is 98.6 Å². The van der Waals surface area contributed by atoms with Gasteiger partial charge in [0.05, 0.1) is 5.56 Å². The minimum atomic E-state index is -0.583. The van der Waals surface area contributed by atoms with Crippen LogP contribution in [0.25, 0.3) is 0 Å². The number of H-pyrrole nitrogens is 1. The molecule has 0 spiro atoms. The highest BCUT2D eigenvalue weighted by atomic mass is 16.1. The maximum atomic E-state index is 11.8. The molecule has 0 aromatic carbocycles. The number of hydrogen-bond acceptors (Lipinski definition) is 4. The molecule has 0 atom stereocenters. The van der Waals surface area contributed by atoms with Crippen molar-refractivity contribution in [2.24, 2.45) is 5.73 Å². The summed E-state index contributed by atoms with van der Waals surface area (Å²) in [7, 11) is 0. The number of aromatic nitrogens is 1. The van der Waals surface area contributed by atoms with Gasteiger partial charge in [-0.2, -0.15) is 0 Å². The van der Waals surface area contributed by atoms with Crippen LogP contribution < -0.4 is 17.0 Å². The van der Waals surface area contributed by atoms with E-state index >= 15 is 0 Å². The van der Waals surface area contributed by atoms with E-state index in [-0.39, 0.29) is 16.9 Å². The van der Waals surface area contributed by atoms with Crippen LogP contribution in [-0.2, 0) is 13.0 Å². The number of carbonyl (C=O) groups is 1. The normalized spacial score (nSPS) is 15.6. The second-order valence-corrected chi connectivity index (χ2v) is 4.18. The third kappa shape index (κ3) is 1.91. The SMILES string of the molecule is CCN1CCc2c(C(N)=O)c(N)[nH]c(=O)c2C1. The number of nitrogens with zero attached hydrogens (tertiary/aromatic N) is 1. The van der Waals surface area contributed by atoms with Crippen molar-refractivity contribution in [2.45, 2.75) is 19.9 Å². The van der Waals surface area contributed by atoms with Crippen LogP contribution in [-0.4, -0.2) is 28.9 Å². The number of rotatable bonds is 2. The van der Waals surface area contributed by atoms with Crippen LogP contribution in [0.1, 0.15) is 28.4 Å². The van der Waals surface area contributed by atoms with Gasteiger partial charge in [-0.15, -0.1) is 0 Å². The molecule has 2 rings (SSSR count). The lowest BCUT2D eigenvalue weighted by Crippen LogP contribution is -2.37. The standard InChI is InChI=1S/C11H16N4O2/c1-2-15-4-3-6-7(5-15)11(17)14-9(12)8(6)10(13)16/h2-5H2,1H3,(H2,13,16)(H3,12,14,17). The van der Waals surface area contributed by atoms with Crippen LogP contribution in [0.3, 0.4) is 0 Å². The number of likely N-dealkylation sites (N-methyl/N-ethyl adjacent to an activating group) is 1. The van der Waals surface area contributed by atoms with Gasteiger partial charge in [-0.05, 0) is 18.5 Å². The molecule has 0 saturated carbocycles. The van der Waals surface area contributed by atoms with Crippen molar-refractivity contribution in [1.82, 2.24) is 9.88 Å². The number of amides is 1. The molecular weight excluding hydrogens is 220 g/mol. The predicted molar refractivity (Wildman–Crippen MR) is 64.6 cm³/mol. The average molecular weight is 236 g/mol. The first kappa shape index (κ1) is 11.7. The Morgan fingerprint density at radius 3 is 2.76 bits per heavy atom. The summed E-state index contributed by atoms with van der Waals surface area (Å²) in [5.41, 5.74) is 12.3. The van der Waals surface area contributed by atoms with E-state index in [9.17, 15) is 9.59 Å². The minimum Gasteiger partial charge on any atom is -0.385 e. The second-order valence-electron chi connectivity index (χ2n) is 4.18. The lowest BCUT2D eigenvalue weighted by Gasteiger charge is -2.28. The lowest BCUT2D eigenvalue weighted by atomic mass is 9.95. The fourth-order valence-electron chi connectivity index (χ4n) is 2.28. The van der Waals surface area contributed by atoms with Gasteiger partial charge in [-0.1, -0.05) is 6.92 Å². The van der Waals surface area contributed by atoms with Crippen molar-refractivity contribution in [3.8, 4) is 0 Å². The van der Waals surface area contributed by atoms with Gasteiger partial charge in [0.1, 0.15) is 5.82 Å². The van der Waals surface area contributed by atoms with Crippen LogP contribution in [0.5, 0.6) is 0 Å². The summed E-state index contributed by atoms with van der Waals surface area (Å²) in [6, 6.07) is 0. The predicted octanol–water partition coefficient (Wildman–Crippen LogP) is -0.566. The Morgan fingerprint density at radius 1 is 1.47 bits per heavy atom. The van der Waals surface area contributed by atoms with Crippen molar-refractivity contribution >= 4 is 11.7 Å². The zero-order chi connectivity index (χ0) is 12.6. The van der Waals surface area contributed by atoms with E-state index in [2.05, 4.69) is 9.88 Å². The molecule has 1 aromatic heterocycles. The van der Waals surface area contributed by atoms with Crippen LogP contribution in [0.4, 0.5) is 5.82 Å². The maximum absolute atomic E-state index is 11.8. The number of primary amides is 1. The van der Waals surface area contributed by atoms with Gasteiger partial charge in [0.25, 0.3) is 11.5 Å². The smallest absolute Gasteiger partial charge is 0.254 e. The van der Waals surface area contributed by atoms with Crippen LogP contribution in [0, 0.1) is 0 Å². The monoisotopic (exact) mass is 236 g/mol. The molecule has 92 valence electrons. The fourth-order valence-corrected chi connectivity index (χ4v) is 2.28. The summed E-state index contributed by atoms with van der Waals surface area (Å²) >= 11 is 0. The van der Waals surface area contributed by atoms with Gasteiger partial charge in [-0.3, -0.25) is 14.5 Å². The molecule has 1 aliphatic rings. The van der Waals surface area contributed by atoms with Crippen molar-refractivity contribution in [3.05, 3.63) is 27.0 Å². The quantitative estimate of drug-likeness (QED) is 0.639. The van der Waals surface area contributed by atoms with Gasteiger partial charge in [0, 0.05) is 18.7 Å². The maximum Gasteiger partial charge on any atom is 0.254 e. The number of nitrogens with one attached hydrogen (secondary N) is 1. The molecule has 0 saturated heterocycles. The highest BCUT2D eigenvalue weighted by Gasteiger charge is 2.24. The first-order valence-corrected chi connectivity index (χ1v) is 5.60. The van der Waals surface area contributed by atoms with Crippen molar-refractivity contribution in [2.75, 3.05) is 18.8 Å². The molecule has 0 unspecified atom stereocenters. The molecule has 6 heteroatoms. The zero-order valence-electron chi connectivity index (χ0n) is 9.75. The molecule has 0 bridgehead atoms. The van der Waals surface area contributed by atoms with Crippen molar-refractivity contribution in [3.63, 3.8) is 0 Å². The molecule has 17 heavy (non-hydrogen) atoms. The van der Waals surface area contributed by atoms with Gasteiger partial charge < -0.3 is 16.5 Å². The molecule has 0 fully saturated rings. The number of anilines is 1. The molecule has 1 amide bonds. The molecule has 5 N–H and O–H groups in total. The number of fused-ring (bicyclic) bond motifs is 1. The topological polar surface area (TPSA) is 105 Å². The highest BCUT2D eigenvalue weighted by Crippen LogP contribution is 2.22. The number of pyridine rings is 1. The first-order valence-electron chi connectivity index (χ1n) is 5.60. The first-order chi connectivity index (χ1) is 8.04. The fraction of sp³-hybridized carbons (Fsp3) is 0.455. The Bertz CT molecular complexity index is 521. The largest absolute Gasteiger partial charge is 0.385 e. The number of nitrogens with two attached hydrogens (primary N) is 2. The Balaban J connectivity index is 2.60. The number of hydrogen-bond donors (Lipinski definition) is 3. The molecule has 1 aliphatic heterocycles. The average Bonchev–Trinajstić information content (AvgIpc) is 2.28. The summed E-state index contributed by atoms with van der Waals surface area (Å²) in [5.74, 6) is -0.508. The highest BCUT2D eigenvalue weighted by molar-refractivity contribution is 5.99. The summed E-state index contributed by atoms with van der Waals surface area (Å²) in [6.45, 7) is 4.26. The summed E-state index contributed by atoms with van der Waals surface area (Å²) in [4.78, 5) is 27.8. The van der Waals surface area contributed by atoms with Gasteiger partial charge in [0.2, 0.25) is 0 Å². The molecule has 0 radical (unpaired) electrons.